The third-order valence-electron chi connectivity index (χ3n) is 2.46. The van der Waals surface area contributed by atoms with Crippen LogP contribution in [0.2, 0.25) is 0 Å². The molecule has 0 unspecified atom stereocenters. The van der Waals surface area contributed by atoms with Crippen LogP contribution in [0.25, 0.3) is 0 Å². The van der Waals surface area contributed by atoms with E-state index in [1.807, 2.05) is 36.9 Å². The number of rotatable bonds is 2. The molecule has 0 spiro atoms. The van der Waals surface area contributed by atoms with E-state index in [2.05, 4.69) is 10.1 Å². The van der Waals surface area contributed by atoms with Gasteiger partial charge in [-0.1, -0.05) is 0 Å². The summed E-state index contributed by atoms with van der Waals surface area (Å²) in [6.07, 6.45) is 3.65. The van der Waals surface area contributed by atoms with Crippen LogP contribution in [0.3, 0.4) is 0 Å². The molecule has 4 heteroatoms. The lowest BCUT2D eigenvalue weighted by Gasteiger charge is -2.06. The molecule has 0 fully saturated rings. The number of hydrogen-bond acceptors (Lipinski definition) is 3. The molecule has 0 saturated carbocycles. The summed E-state index contributed by atoms with van der Waals surface area (Å²) < 4.78 is 1.90. The summed E-state index contributed by atoms with van der Waals surface area (Å²) in [5.41, 5.74) is 9.09. The molecule has 0 amide bonds. The van der Waals surface area contributed by atoms with Crippen molar-refractivity contribution in [2.45, 2.75) is 20.4 Å². The Morgan fingerprint density at radius 3 is 2.80 bits per heavy atom. The van der Waals surface area contributed by atoms with Gasteiger partial charge in [0.05, 0.1) is 6.54 Å². The molecule has 0 saturated heterocycles. The number of aromatic nitrogens is 3. The molecule has 78 valence electrons. The minimum absolute atomic E-state index is 0.569. The van der Waals surface area contributed by atoms with E-state index in [1.165, 1.54) is 11.1 Å². The maximum Gasteiger partial charge on any atom is 0.145 e. The Morgan fingerprint density at radius 2 is 2.20 bits per heavy atom. The van der Waals surface area contributed by atoms with E-state index in [0.29, 0.717) is 5.82 Å². The van der Waals surface area contributed by atoms with E-state index in [-0.39, 0.29) is 0 Å². The van der Waals surface area contributed by atoms with Crippen molar-refractivity contribution in [3.8, 4) is 0 Å². The van der Waals surface area contributed by atoms with Crippen LogP contribution in [0.1, 0.15) is 16.8 Å². The number of hydrogen-bond donors (Lipinski definition) is 1. The second-order valence-electron chi connectivity index (χ2n) is 3.67. The molecule has 0 aliphatic rings. The standard InChI is InChI=1S/C11H14N4/c1-8-6-13-4-3-10(8)7-15-9(2)5-11(12)14-15/h3-6H,7H2,1-2H3,(H2,12,14). The van der Waals surface area contributed by atoms with Crippen molar-refractivity contribution in [3.05, 3.63) is 41.3 Å². The molecular formula is C11H14N4. The Bertz CT molecular complexity index is 473. The summed E-state index contributed by atoms with van der Waals surface area (Å²) in [7, 11) is 0. The van der Waals surface area contributed by atoms with Crippen LogP contribution in [0.5, 0.6) is 0 Å². The van der Waals surface area contributed by atoms with E-state index in [9.17, 15) is 0 Å². The van der Waals surface area contributed by atoms with Crippen molar-refractivity contribution in [1.29, 1.82) is 0 Å². The highest BCUT2D eigenvalue weighted by atomic mass is 15.3. The predicted molar refractivity (Wildman–Crippen MR) is 59.5 cm³/mol. The van der Waals surface area contributed by atoms with Crippen LogP contribution in [0, 0.1) is 13.8 Å². The second-order valence-corrected chi connectivity index (χ2v) is 3.67. The van der Waals surface area contributed by atoms with Gasteiger partial charge in [0.1, 0.15) is 5.82 Å². The average molecular weight is 202 g/mol. The number of nitrogens with zero attached hydrogens (tertiary/aromatic N) is 3. The lowest BCUT2D eigenvalue weighted by Crippen LogP contribution is -2.05. The van der Waals surface area contributed by atoms with E-state index in [4.69, 9.17) is 5.73 Å². The third kappa shape index (κ3) is 1.98. The van der Waals surface area contributed by atoms with E-state index >= 15 is 0 Å². The predicted octanol–water partition coefficient (Wildman–Crippen LogP) is 1.53. The monoisotopic (exact) mass is 202 g/mol. The molecular weight excluding hydrogens is 188 g/mol. The van der Waals surface area contributed by atoms with Crippen LogP contribution >= 0.6 is 0 Å². The van der Waals surface area contributed by atoms with Gasteiger partial charge in [0.2, 0.25) is 0 Å². The van der Waals surface area contributed by atoms with Gasteiger partial charge in [-0.25, -0.2) is 0 Å². The molecule has 0 aromatic carbocycles. The van der Waals surface area contributed by atoms with Crippen molar-refractivity contribution in [2.75, 3.05) is 5.73 Å². The van der Waals surface area contributed by atoms with Crippen molar-refractivity contribution in [1.82, 2.24) is 14.8 Å². The Balaban J connectivity index is 2.29. The number of pyridine rings is 1. The molecule has 0 radical (unpaired) electrons. The highest BCUT2D eigenvalue weighted by Crippen LogP contribution is 2.10. The zero-order chi connectivity index (χ0) is 10.8. The zero-order valence-corrected chi connectivity index (χ0v) is 8.94. The maximum atomic E-state index is 5.63. The molecule has 4 nitrogen and oxygen atoms in total. The Morgan fingerprint density at radius 1 is 1.40 bits per heavy atom. The van der Waals surface area contributed by atoms with Gasteiger partial charge in [-0.3, -0.25) is 9.67 Å². The largest absolute Gasteiger partial charge is 0.382 e. The van der Waals surface area contributed by atoms with Gasteiger partial charge in [-0.15, -0.1) is 0 Å². The minimum atomic E-state index is 0.569. The summed E-state index contributed by atoms with van der Waals surface area (Å²) in [5, 5.41) is 4.22. The van der Waals surface area contributed by atoms with Gasteiger partial charge in [0.25, 0.3) is 0 Å². The molecule has 2 heterocycles. The van der Waals surface area contributed by atoms with Crippen molar-refractivity contribution >= 4 is 5.82 Å². The van der Waals surface area contributed by atoms with E-state index in [0.717, 1.165) is 12.2 Å². The zero-order valence-electron chi connectivity index (χ0n) is 8.94. The number of anilines is 1. The molecule has 0 aliphatic heterocycles. The SMILES string of the molecule is Cc1cnccc1Cn1nc(N)cc1C. The van der Waals surface area contributed by atoms with Gasteiger partial charge < -0.3 is 5.73 Å². The van der Waals surface area contributed by atoms with Gasteiger partial charge in [-0.2, -0.15) is 5.10 Å². The lowest BCUT2D eigenvalue weighted by molar-refractivity contribution is 0.664. The fourth-order valence-electron chi connectivity index (χ4n) is 1.54. The minimum Gasteiger partial charge on any atom is -0.382 e. The van der Waals surface area contributed by atoms with Crippen molar-refractivity contribution in [3.63, 3.8) is 0 Å². The third-order valence-corrected chi connectivity index (χ3v) is 2.46. The molecule has 2 rings (SSSR count). The number of nitrogens with two attached hydrogens (primary N) is 1. The average Bonchev–Trinajstić information content (AvgIpc) is 2.49. The van der Waals surface area contributed by atoms with Crippen LogP contribution < -0.4 is 5.73 Å². The second kappa shape index (κ2) is 3.73. The molecule has 2 aromatic heterocycles. The van der Waals surface area contributed by atoms with Gasteiger partial charge >= 0.3 is 0 Å². The summed E-state index contributed by atoms with van der Waals surface area (Å²) >= 11 is 0. The normalized spacial score (nSPS) is 10.5. The van der Waals surface area contributed by atoms with E-state index < -0.39 is 0 Å². The highest BCUT2D eigenvalue weighted by Gasteiger charge is 2.03. The van der Waals surface area contributed by atoms with Gasteiger partial charge in [-0.05, 0) is 31.0 Å². The summed E-state index contributed by atoms with van der Waals surface area (Å²) in [6, 6.07) is 3.88. The van der Waals surface area contributed by atoms with Crippen LogP contribution in [0.4, 0.5) is 5.82 Å². The molecule has 0 atom stereocenters. The van der Waals surface area contributed by atoms with Crippen LogP contribution in [-0.4, -0.2) is 14.8 Å². The topological polar surface area (TPSA) is 56.7 Å². The quantitative estimate of drug-likeness (QED) is 0.803. The molecule has 2 aromatic rings. The first-order valence-electron chi connectivity index (χ1n) is 4.86. The van der Waals surface area contributed by atoms with E-state index in [1.54, 1.807) is 6.20 Å². The maximum absolute atomic E-state index is 5.63. The summed E-state index contributed by atoms with van der Waals surface area (Å²) in [6.45, 7) is 4.79. The Labute approximate surface area is 88.8 Å². The molecule has 15 heavy (non-hydrogen) atoms. The molecule has 2 N–H and O–H groups in total. The summed E-state index contributed by atoms with van der Waals surface area (Å²) in [4.78, 5) is 4.06. The lowest BCUT2D eigenvalue weighted by atomic mass is 10.1. The molecule has 0 aliphatic carbocycles. The Kier molecular flexibility index (Phi) is 2.41. The highest BCUT2D eigenvalue weighted by molar-refractivity contribution is 5.30. The fraction of sp³-hybridized carbons (Fsp3) is 0.273. The van der Waals surface area contributed by atoms with Crippen molar-refractivity contribution < 1.29 is 0 Å². The van der Waals surface area contributed by atoms with Crippen molar-refractivity contribution in [2.24, 2.45) is 0 Å². The smallest absolute Gasteiger partial charge is 0.145 e. The Hall–Kier alpha value is -1.84. The van der Waals surface area contributed by atoms with Gasteiger partial charge in [0, 0.05) is 24.2 Å². The van der Waals surface area contributed by atoms with Crippen LogP contribution in [-0.2, 0) is 6.54 Å². The van der Waals surface area contributed by atoms with Gasteiger partial charge in [0.15, 0.2) is 0 Å². The first-order chi connectivity index (χ1) is 7.16. The fourth-order valence-corrected chi connectivity index (χ4v) is 1.54. The first-order valence-corrected chi connectivity index (χ1v) is 4.86. The summed E-state index contributed by atoms with van der Waals surface area (Å²) in [5.74, 6) is 0.569. The van der Waals surface area contributed by atoms with Crippen LogP contribution in [0.15, 0.2) is 24.5 Å². The number of nitrogen functional groups attached to an aromatic ring is 1. The molecule has 0 bridgehead atoms. The first kappa shape index (κ1) is 9.71. The number of aryl methyl sites for hydroxylation is 2.